The highest BCUT2D eigenvalue weighted by molar-refractivity contribution is 14.1. The number of hydrogen-bond acceptors (Lipinski definition) is 2. The van der Waals surface area contributed by atoms with Gasteiger partial charge in [-0.2, -0.15) is 0 Å². The molecule has 0 aliphatic heterocycles. The molecule has 1 nitrogen and oxygen atoms in total. The maximum absolute atomic E-state index is 6.03. The van der Waals surface area contributed by atoms with E-state index >= 15 is 0 Å². The summed E-state index contributed by atoms with van der Waals surface area (Å²) in [5, 5.41) is 0. The molecule has 0 atom stereocenters. The van der Waals surface area contributed by atoms with E-state index in [4.69, 9.17) is 5.73 Å². The summed E-state index contributed by atoms with van der Waals surface area (Å²) in [6.45, 7) is 4.24. The molecule has 2 aromatic rings. The van der Waals surface area contributed by atoms with Crippen molar-refractivity contribution in [3.8, 4) is 0 Å². The number of halogens is 1. The zero-order valence-corrected chi connectivity index (χ0v) is 12.8. The number of hydrogen-bond donors (Lipinski definition) is 1. The van der Waals surface area contributed by atoms with Crippen LogP contribution in [0.1, 0.15) is 11.1 Å². The molecule has 0 spiro atoms. The van der Waals surface area contributed by atoms with Gasteiger partial charge in [-0.15, -0.1) is 0 Å². The Bertz CT molecular complexity index is 552. The summed E-state index contributed by atoms with van der Waals surface area (Å²) in [5.74, 6) is 0. The van der Waals surface area contributed by atoms with E-state index in [0.717, 1.165) is 10.6 Å². The first-order valence-electron chi connectivity index (χ1n) is 5.36. The van der Waals surface area contributed by atoms with Crippen LogP contribution in [0.25, 0.3) is 0 Å². The third kappa shape index (κ3) is 3.16. The van der Waals surface area contributed by atoms with Crippen molar-refractivity contribution in [3.63, 3.8) is 0 Å². The first-order valence-corrected chi connectivity index (χ1v) is 7.26. The standard InChI is InChI=1S/C14H14INS/c1-9-3-4-10(2)14(7-9)17-13-6-5-11(15)8-12(13)16/h3-8H,16H2,1-2H3. The number of anilines is 1. The fourth-order valence-corrected chi connectivity index (χ4v) is 3.09. The number of benzene rings is 2. The van der Waals surface area contributed by atoms with Gasteiger partial charge >= 0.3 is 0 Å². The topological polar surface area (TPSA) is 26.0 Å². The van der Waals surface area contributed by atoms with E-state index in [-0.39, 0.29) is 0 Å². The number of nitrogen functional groups attached to an aromatic ring is 1. The minimum Gasteiger partial charge on any atom is -0.398 e. The van der Waals surface area contributed by atoms with E-state index in [2.05, 4.69) is 66.8 Å². The molecule has 2 N–H and O–H groups in total. The molecule has 3 heteroatoms. The first kappa shape index (κ1) is 12.8. The molecule has 0 bridgehead atoms. The van der Waals surface area contributed by atoms with E-state index in [1.54, 1.807) is 11.8 Å². The van der Waals surface area contributed by atoms with Gasteiger partial charge in [0, 0.05) is 19.0 Å². The lowest BCUT2D eigenvalue weighted by Gasteiger charge is -2.09. The summed E-state index contributed by atoms with van der Waals surface area (Å²) in [6, 6.07) is 12.7. The molecule has 0 unspecified atom stereocenters. The molecule has 0 heterocycles. The van der Waals surface area contributed by atoms with Crippen molar-refractivity contribution < 1.29 is 0 Å². The second-order valence-corrected chi connectivity index (χ2v) is 6.38. The molecule has 0 fully saturated rings. The van der Waals surface area contributed by atoms with Crippen LogP contribution in [0.2, 0.25) is 0 Å². The Labute approximate surface area is 120 Å². The quantitative estimate of drug-likeness (QED) is 0.627. The Hall–Kier alpha value is -0.680. The van der Waals surface area contributed by atoms with Gasteiger partial charge in [-0.3, -0.25) is 0 Å². The SMILES string of the molecule is Cc1ccc(C)c(Sc2ccc(I)cc2N)c1. The predicted octanol–water partition coefficient (Wildman–Crippen LogP) is 4.64. The number of rotatable bonds is 2. The maximum atomic E-state index is 6.03. The third-order valence-corrected chi connectivity index (χ3v) is 4.46. The van der Waals surface area contributed by atoms with Crippen molar-refractivity contribution in [2.24, 2.45) is 0 Å². The largest absolute Gasteiger partial charge is 0.398 e. The molecule has 0 saturated carbocycles. The van der Waals surface area contributed by atoms with E-state index in [9.17, 15) is 0 Å². The Balaban J connectivity index is 2.34. The summed E-state index contributed by atoms with van der Waals surface area (Å²) in [6.07, 6.45) is 0. The van der Waals surface area contributed by atoms with Crippen molar-refractivity contribution >= 4 is 40.0 Å². The molecule has 2 aromatic carbocycles. The second-order valence-electron chi connectivity index (χ2n) is 4.05. The summed E-state index contributed by atoms with van der Waals surface area (Å²) in [4.78, 5) is 2.40. The zero-order valence-electron chi connectivity index (χ0n) is 9.83. The molecular formula is C14H14INS. The van der Waals surface area contributed by atoms with Crippen LogP contribution in [0.3, 0.4) is 0 Å². The van der Waals surface area contributed by atoms with Gasteiger partial charge < -0.3 is 5.73 Å². The smallest absolute Gasteiger partial charge is 0.0466 e. The maximum Gasteiger partial charge on any atom is 0.0466 e. The van der Waals surface area contributed by atoms with Gasteiger partial charge in [-0.25, -0.2) is 0 Å². The highest BCUT2D eigenvalue weighted by Gasteiger charge is 2.05. The lowest BCUT2D eigenvalue weighted by atomic mass is 10.2. The van der Waals surface area contributed by atoms with Crippen LogP contribution in [-0.2, 0) is 0 Å². The molecule has 0 aliphatic rings. The van der Waals surface area contributed by atoms with E-state index in [1.165, 1.54) is 19.6 Å². The van der Waals surface area contributed by atoms with Crippen LogP contribution >= 0.6 is 34.4 Å². The van der Waals surface area contributed by atoms with Crippen molar-refractivity contribution in [1.82, 2.24) is 0 Å². The van der Waals surface area contributed by atoms with Crippen molar-refractivity contribution in [1.29, 1.82) is 0 Å². The zero-order chi connectivity index (χ0) is 12.4. The fraction of sp³-hybridized carbons (Fsp3) is 0.143. The highest BCUT2D eigenvalue weighted by Crippen LogP contribution is 2.35. The van der Waals surface area contributed by atoms with Crippen molar-refractivity contribution in [2.75, 3.05) is 5.73 Å². The Kier molecular flexibility index (Phi) is 3.99. The summed E-state index contributed by atoms with van der Waals surface area (Å²) in [5.41, 5.74) is 9.45. The van der Waals surface area contributed by atoms with Crippen LogP contribution in [0, 0.1) is 17.4 Å². The van der Waals surface area contributed by atoms with E-state index in [1.807, 2.05) is 6.07 Å². The van der Waals surface area contributed by atoms with Gasteiger partial charge in [0.05, 0.1) is 0 Å². The normalized spacial score (nSPS) is 10.5. The number of nitrogens with two attached hydrogens (primary N) is 1. The van der Waals surface area contributed by atoms with Crippen molar-refractivity contribution in [3.05, 3.63) is 51.1 Å². The Morgan fingerprint density at radius 1 is 1.00 bits per heavy atom. The highest BCUT2D eigenvalue weighted by atomic mass is 127. The molecule has 0 radical (unpaired) electrons. The van der Waals surface area contributed by atoms with E-state index < -0.39 is 0 Å². The van der Waals surface area contributed by atoms with Gasteiger partial charge in [0.25, 0.3) is 0 Å². The number of aryl methyl sites for hydroxylation is 2. The van der Waals surface area contributed by atoms with Gasteiger partial charge in [-0.05, 0) is 71.8 Å². The third-order valence-electron chi connectivity index (χ3n) is 2.54. The minimum absolute atomic E-state index is 0.850. The fourth-order valence-electron chi connectivity index (χ4n) is 1.55. The first-order chi connectivity index (χ1) is 8.06. The Morgan fingerprint density at radius 2 is 1.76 bits per heavy atom. The molecule has 88 valence electrons. The van der Waals surface area contributed by atoms with Crippen LogP contribution in [0.4, 0.5) is 5.69 Å². The Morgan fingerprint density at radius 3 is 2.47 bits per heavy atom. The molecule has 17 heavy (non-hydrogen) atoms. The second kappa shape index (κ2) is 5.31. The summed E-state index contributed by atoms with van der Waals surface area (Å²) >= 11 is 4.01. The van der Waals surface area contributed by atoms with E-state index in [0.29, 0.717) is 0 Å². The lowest BCUT2D eigenvalue weighted by Crippen LogP contribution is -1.90. The van der Waals surface area contributed by atoms with Gasteiger partial charge in [0.2, 0.25) is 0 Å². The predicted molar refractivity (Wildman–Crippen MR) is 83.6 cm³/mol. The molecule has 0 aromatic heterocycles. The van der Waals surface area contributed by atoms with Gasteiger partial charge in [0.1, 0.15) is 0 Å². The van der Waals surface area contributed by atoms with Crippen LogP contribution in [0.15, 0.2) is 46.2 Å². The summed E-state index contributed by atoms with van der Waals surface area (Å²) < 4.78 is 1.17. The molecule has 0 aliphatic carbocycles. The van der Waals surface area contributed by atoms with Gasteiger partial charge in [0.15, 0.2) is 0 Å². The van der Waals surface area contributed by atoms with Crippen LogP contribution < -0.4 is 5.73 Å². The monoisotopic (exact) mass is 355 g/mol. The molecule has 0 saturated heterocycles. The van der Waals surface area contributed by atoms with Gasteiger partial charge in [-0.1, -0.05) is 23.9 Å². The summed E-state index contributed by atoms with van der Waals surface area (Å²) in [7, 11) is 0. The van der Waals surface area contributed by atoms with Crippen molar-refractivity contribution in [2.45, 2.75) is 23.6 Å². The van der Waals surface area contributed by atoms with Crippen LogP contribution in [0.5, 0.6) is 0 Å². The molecule has 2 rings (SSSR count). The molecular weight excluding hydrogens is 341 g/mol. The minimum atomic E-state index is 0.850. The average Bonchev–Trinajstić information content (AvgIpc) is 2.27. The average molecular weight is 355 g/mol. The molecule has 0 amide bonds. The van der Waals surface area contributed by atoms with Crippen LogP contribution in [-0.4, -0.2) is 0 Å². The lowest BCUT2D eigenvalue weighted by molar-refractivity contribution is 1.25.